The van der Waals surface area contributed by atoms with Gasteiger partial charge in [0.1, 0.15) is 0 Å². The molecule has 1 aromatic carbocycles. The van der Waals surface area contributed by atoms with E-state index in [4.69, 9.17) is 0 Å². The van der Waals surface area contributed by atoms with Crippen molar-refractivity contribution < 1.29 is 9.59 Å². The fraction of sp³-hybridized carbons (Fsp3) is 0.429. The Kier molecular flexibility index (Phi) is 5.50. The maximum atomic E-state index is 12.5. The van der Waals surface area contributed by atoms with E-state index in [1.807, 2.05) is 17.0 Å². The summed E-state index contributed by atoms with van der Waals surface area (Å²) >= 11 is 1.51. The van der Waals surface area contributed by atoms with Crippen molar-refractivity contribution in [2.45, 2.75) is 11.3 Å². The van der Waals surface area contributed by atoms with Gasteiger partial charge in [0, 0.05) is 30.1 Å². The zero-order valence-corrected chi connectivity index (χ0v) is 13.2. The van der Waals surface area contributed by atoms with Gasteiger partial charge in [-0.2, -0.15) is 0 Å². The summed E-state index contributed by atoms with van der Waals surface area (Å²) in [5.41, 5.74) is 1.40. The van der Waals surface area contributed by atoms with Gasteiger partial charge < -0.3 is 15.5 Å². The normalized spacial score (nSPS) is 18.1. The van der Waals surface area contributed by atoms with Crippen molar-refractivity contribution in [1.29, 1.82) is 0 Å². The summed E-state index contributed by atoms with van der Waals surface area (Å²) in [6, 6.07) is 5.56. The van der Waals surface area contributed by atoms with E-state index in [1.165, 1.54) is 11.8 Å². The average molecular weight is 328 g/mol. The summed E-state index contributed by atoms with van der Waals surface area (Å²) in [7, 11) is 0. The average Bonchev–Trinajstić information content (AvgIpc) is 2.74. The molecule has 3 rings (SSSR count). The molecule has 2 amide bonds. The molecule has 2 aliphatic rings. The van der Waals surface area contributed by atoms with Gasteiger partial charge >= 0.3 is 0 Å². The van der Waals surface area contributed by atoms with Gasteiger partial charge in [0.05, 0.1) is 11.4 Å². The van der Waals surface area contributed by atoms with E-state index >= 15 is 0 Å². The Labute approximate surface area is 134 Å². The van der Waals surface area contributed by atoms with Crippen LogP contribution in [-0.2, 0) is 4.79 Å². The lowest BCUT2D eigenvalue weighted by Crippen LogP contribution is -2.34. The van der Waals surface area contributed by atoms with Crippen LogP contribution in [0, 0.1) is 0 Å². The highest BCUT2D eigenvalue weighted by Gasteiger charge is 2.20. The smallest absolute Gasteiger partial charge is 0.253 e. The third kappa shape index (κ3) is 3.70. The Morgan fingerprint density at radius 1 is 1.24 bits per heavy atom. The second-order valence-corrected chi connectivity index (χ2v) is 5.96. The summed E-state index contributed by atoms with van der Waals surface area (Å²) in [4.78, 5) is 26.8. The van der Waals surface area contributed by atoms with Gasteiger partial charge in [0.2, 0.25) is 5.91 Å². The maximum Gasteiger partial charge on any atom is 0.253 e. The Bertz CT molecular complexity index is 545. The lowest BCUT2D eigenvalue weighted by atomic mass is 10.1. The molecule has 2 aliphatic heterocycles. The molecule has 7 heteroatoms. The van der Waals surface area contributed by atoms with E-state index in [-0.39, 0.29) is 24.2 Å². The van der Waals surface area contributed by atoms with E-state index in [9.17, 15) is 9.59 Å². The van der Waals surface area contributed by atoms with Crippen LogP contribution in [0.4, 0.5) is 5.69 Å². The first-order valence-corrected chi connectivity index (χ1v) is 7.79. The predicted octanol–water partition coefficient (Wildman–Crippen LogP) is 1.59. The molecule has 0 aliphatic carbocycles. The fourth-order valence-electron chi connectivity index (χ4n) is 2.45. The molecule has 1 aromatic rings. The third-order valence-electron chi connectivity index (χ3n) is 3.49. The topological polar surface area (TPSA) is 61.4 Å². The standard InChI is InChI=1S/C14H17N3O2S.ClH/c18-13-9-20-12-3-2-10(8-11(12)16-13)14(19)17-6-1-4-15-5-7-17;/h2-3,8,15H,1,4-7,9H2,(H,16,18);1H. The highest BCUT2D eigenvalue weighted by Crippen LogP contribution is 2.32. The minimum atomic E-state index is -0.00827. The summed E-state index contributed by atoms with van der Waals surface area (Å²) in [6.45, 7) is 3.31. The molecule has 2 N–H and O–H groups in total. The summed E-state index contributed by atoms with van der Waals surface area (Å²) in [6.07, 6.45) is 0.975. The molecule has 0 unspecified atom stereocenters. The van der Waals surface area contributed by atoms with E-state index in [0.29, 0.717) is 11.3 Å². The summed E-state index contributed by atoms with van der Waals surface area (Å²) < 4.78 is 0. The lowest BCUT2D eigenvalue weighted by Gasteiger charge is -2.22. The number of hydrogen-bond acceptors (Lipinski definition) is 4. The number of amides is 2. The lowest BCUT2D eigenvalue weighted by molar-refractivity contribution is -0.113. The molecule has 1 saturated heterocycles. The van der Waals surface area contributed by atoms with E-state index in [2.05, 4.69) is 10.6 Å². The van der Waals surface area contributed by atoms with E-state index < -0.39 is 0 Å². The van der Waals surface area contributed by atoms with Crippen LogP contribution in [0.3, 0.4) is 0 Å². The molecule has 0 aromatic heterocycles. The quantitative estimate of drug-likeness (QED) is 0.822. The number of thioether (sulfide) groups is 1. The van der Waals surface area contributed by atoms with Gasteiger partial charge in [-0.05, 0) is 31.2 Å². The third-order valence-corrected chi connectivity index (χ3v) is 4.56. The zero-order valence-electron chi connectivity index (χ0n) is 11.6. The minimum absolute atomic E-state index is 0. The Hall–Kier alpha value is -1.24. The number of benzene rings is 1. The first kappa shape index (κ1) is 16.1. The van der Waals surface area contributed by atoms with Crippen LogP contribution in [-0.4, -0.2) is 48.6 Å². The van der Waals surface area contributed by atoms with Crippen LogP contribution in [0.2, 0.25) is 0 Å². The molecule has 1 fully saturated rings. The van der Waals surface area contributed by atoms with Crippen LogP contribution in [0.1, 0.15) is 16.8 Å². The minimum Gasteiger partial charge on any atom is -0.337 e. The van der Waals surface area contributed by atoms with Gasteiger partial charge in [-0.1, -0.05) is 0 Å². The van der Waals surface area contributed by atoms with Gasteiger partial charge in [0.25, 0.3) is 5.91 Å². The van der Waals surface area contributed by atoms with Gasteiger partial charge in [-0.25, -0.2) is 0 Å². The molecule has 0 radical (unpaired) electrons. The monoisotopic (exact) mass is 327 g/mol. The van der Waals surface area contributed by atoms with Crippen molar-refractivity contribution in [3.05, 3.63) is 23.8 Å². The van der Waals surface area contributed by atoms with Crippen molar-refractivity contribution in [2.75, 3.05) is 37.2 Å². The molecule has 0 saturated carbocycles. The van der Waals surface area contributed by atoms with Crippen LogP contribution in [0.5, 0.6) is 0 Å². The molecule has 21 heavy (non-hydrogen) atoms. The predicted molar refractivity (Wildman–Crippen MR) is 86.4 cm³/mol. The highest BCUT2D eigenvalue weighted by molar-refractivity contribution is 8.00. The van der Waals surface area contributed by atoms with Crippen molar-refractivity contribution in [2.24, 2.45) is 0 Å². The Balaban J connectivity index is 0.00000161. The van der Waals surface area contributed by atoms with Crippen molar-refractivity contribution in [3.63, 3.8) is 0 Å². The van der Waals surface area contributed by atoms with Crippen molar-refractivity contribution in [3.8, 4) is 0 Å². The summed E-state index contributed by atoms with van der Waals surface area (Å²) in [5.74, 6) is 0.477. The first-order chi connectivity index (χ1) is 9.74. The molecule has 2 heterocycles. The Morgan fingerprint density at radius 3 is 2.95 bits per heavy atom. The van der Waals surface area contributed by atoms with Crippen LogP contribution in [0.15, 0.2) is 23.1 Å². The largest absolute Gasteiger partial charge is 0.337 e. The fourth-order valence-corrected chi connectivity index (χ4v) is 3.24. The molecular weight excluding hydrogens is 310 g/mol. The molecule has 114 valence electrons. The number of rotatable bonds is 1. The van der Waals surface area contributed by atoms with E-state index in [0.717, 1.165) is 43.2 Å². The van der Waals surface area contributed by atoms with Crippen LogP contribution < -0.4 is 10.6 Å². The van der Waals surface area contributed by atoms with Gasteiger partial charge in [-0.3, -0.25) is 9.59 Å². The van der Waals surface area contributed by atoms with E-state index in [1.54, 1.807) is 6.07 Å². The number of hydrogen-bond donors (Lipinski definition) is 2. The number of nitrogens with one attached hydrogen (secondary N) is 2. The number of carbonyl (C=O) groups is 2. The van der Waals surface area contributed by atoms with Crippen LogP contribution >= 0.6 is 24.2 Å². The molecule has 0 spiro atoms. The molecule has 0 atom stereocenters. The van der Waals surface area contributed by atoms with Crippen LogP contribution in [0.25, 0.3) is 0 Å². The maximum absolute atomic E-state index is 12.5. The number of fused-ring (bicyclic) bond motifs is 1. The van der Waals surface area contributed by atoms with Gasteiger partial charge in [0.15, 0.2) is 0 Å². The highest BCUT2D eigenvalue weighted by atomic mass is 35.5. The SMILES string of the molecule is Cl.O=C1CSc2ccc(C(=O)N3CCCNCC3)cc2N1. The number of anilines is 1. The molecule has 0 bridgehead atoms. The Morgan fingerprint density at radius 2 is 2.10 bits per heavy atom. The zero-order chi connectivity index (χ0) is 13.9. The van der Waals surface area contributed by atoms with Crippen molar-refractivity contribution in [1.82, 2.24) is 10.2 Å². The summed E-state index contributed by atoms with van der Waals surface area (Å²) in [5, 5.41) is 6.11. The first-order valence-electron chi connectivity index (χ1n) is 6.81. The van der Waals surface area contributed by atoms with Gasteiger partial charge in [-0.15, -0.1) is 24.2 Å². The number of nitrogens with zero attached hydrogens (tertiary/aromatic N) is 1. The second-order valence-electron chi connectivity index (χ2n) is 4.94. The molecular formula is C14H18ClN3O2S. The van der Waals surface area contributed by atoms with Crippen molar-refractivity contribution >= 4 is 41.7 Å². The number of carbonyl (C=O) groups excluding carboxylic acids is 2. The molecule has 5 nitrogen and oxygen atoms in total. The number of halogens is 1. The second kappa shape index (κ2) is 7.15.